The van der Waals surface area contributed by atoms with E-state index in [0.29, 0.717) is 0 Å². The van der Waals surface area contributed by atoms with Crippen LogP contribution in [-0.2, 0) is 9.63 Å². The van der Waals surface area contributed by atoms with Crippen LogP contribution >= 0.6 is 11.6 Å². The maximum absolute atomic E-state index is 11.4. The molecule has 9 heteroatoms. The molecule has 0 aliphatic heterocycles. The first-order valence-electron chi connectivity index (χ1n) is 4.49. The van der Waals surface area contributed by atoms with Crippen molar-refractivity contribution in [3.63, 3.8) is 0 Å². The Balaban J connectivity index is 2.79. The Morgan fingerprint density at radius 2 is 2.11 bits per heavy atom. The summed E-state index contributed by atoms with van der Waals surface area (Å²) in [5.41, 5.74) is 1.36. The topological polar surface area (TPSA) is 119 Å². The van der Waals surface area contributed by atoms with Crippen LogP contribution in [0.3, 0.4) is 0 Å². The average molecular weight is 275 g/mol. The minimum atomic E-state index is -1.27. The molecule has 96 valence electrons. The first-order valence-corrected chi connectivity index (χ1v) is 4.87. The van der Waals surface area contributed by atoms with E-state index < -0.39 is 23.4 Å². The number of carbonyl (C=O) groups excluding carboxylic acids is 1. The standard InChI is InChI=1S/C9H7ClN2O6/c10-6-1-5(2-7(3-6)12(16)17)9(15)11-18-4-8(13)14/h1-3H,4H2,(H,11,15)(H,13,14). The van der Waals surface area contributed by atoms with Crippen LogP contribution in [0.4, 0.5) is 5.69 Å². The number of aliphatic carboxylic acids is 1. The Labute approximate surface area is 105 Å². The van der Waals surface area contributed by atoms with Gasteiger partial charge in [0.15, 0.2) is 6.61 Å². The number of nitro benzene ring substituents is 1. The number of carboxylic acid groups (broad SMARTS) is 1. The monoisotopic (exact) mass is 274 g/mol. The van der Waals surface area contributed by atoms with Crippen molar-refractivity contribution in [2.75, 3.05) is 6.61 Å². The van der Waals surface area contributed by atoms with Crippen molar-refractivity contribution in [3.8, 4) is 0 Å². The Morgan fingerprint density at radius 3 is 2.67 bits per heavy atom. The summed E-state index contributed by atoms with van der Waals surface area (Å²) in [7, 11) is 0. The molecule has 0 atom stereocenters. The summed E-state index contributed by atoms with van der Waals surface area (Å²) in [6.07, 6.45) is 0. The minimum Gasteiger partial charge on any atom is -0.479 e. The molecule has 1 amide bonds. The zero-order valence-corrected chi connectivity index (χ0v) is 9.51. The maximum atomic E-state index is 11.4. The Bertz CT molecular complexity index is 504. The lowest BCUT2D eigenvalue weighted by Crippen LogP contribution is -2.26. The quantitative estimate of drug-likeness (QED) is 0.610. The second-order valence-electron chi connectivity index (χ2n) is 3.07. The van der Waals surface area contributed by atoms with Gasteiger partial charge in [0.2, 0.25) is 0 Å². The molecule has 0 unspecified atom stereocenters. The van der Waals surface area contributed by atoms with Crippen LogP contribution in [0.1, 0.15) is 10.4 Å². The fourth-order valence-corrected chi connectivity index (χ4v) is 1.26. The van der Waals surface area contributed by atoms with Gasteiger partial charge in [-0.3, -0.25) is 19.7 Å². The lowest BCUT2D eigenvalue weighted by molar-refractivity contribution is -0.384. The molecule has 0 aliphatic rings. The van der Waals surface area contributed by atoms with Gasteiger partial charge in [0.1, 0.15) is 0 Å². The van der Waals surface area contributed by atoms with Crippen LogP contribution in [0.25, 0.3) is 0 Å². The summed E-state index contributed by atoms with van der Waals surface area (Å²) >= 11 is 5.60. The Morgan fingerprint density at radius 1 is 1.44 bits per heavy atom. The largest absolute Gasteiger partial charge is 0.479 e. The fourth-order valence-electron chi connectivity index (χ4n) is 1.03. The molecular weight excluding hydrogens is 268 g/mol. The number of hydroxylamine groups is 1. The number of carbonyl (C=O) groups is 2. The van der Waals surface area contributed by atoms with E-state index in [9.17, 15) is 19.7 Å². The van der Waals surface area contributed by atoms with Crippen LogP contribution in [-0.4, -0.2) is 28.5 Å². The zero-order valence-electron chi connectivity index (χ0n) is 8.75. The lowest BCUT2D eigenvalue weighted by atomic mass is 10.2. The van der Waals surface area contributed by atoms with Crippen LogP contribution in [0.2, 0.25) is 5.02 Å². The van der Waals surface area contributed by atoms with Gasteiger partial charge in [0, 0.05) is 22.7 Å². The summed E-state index contributed by atoms with van der Waals surface area (Å²) in [6.45, 7) is -0.728. The van der Waals surface area contributed by atoms with Crippen molar-refractivity contribution in [2.24, 2.45) is 0 Å². The van der Waals surface area contributed by atoms with Crippen molar-refractivity contribution < 1.29 is 24.5 Å². The molecule has 1 aromatic rings. The number of benzene rings is 1. The number of nitrogens with one attached hydrogen (secondary N) is 1. The van der Waals surface area contributed by atoms with Gasteiger partial charge in [-0.2, -0.15) is 0 Å². The fraction of sp³-hybridized carbons (Fsp3) is 0.111. The number of nitro groups is 1. The highest BCUT2D eigenvalue weighted by molar-refractivity contribution is 6.31. The predicted molar refractivity (Wildman–Crippen MR) is 59.2 cm³/mol. The number of rotatable bonds is 5. The van der Waals surface area contributed by atoms with Crippen molar-refractivity contribution in [2.45, 2.75) is 0 Å². The summed E-state index contributed by atoms with van der Waals surface area (Å²) in [6, 6.07) is 3.26. The molecule has 1 aromatic carbocycles. The molecule has 0 radical (unpaired) electrons. The van der Waals surface area contributed by atoms with Crippen LogP contribution in [0.15, 0.2) is 18.2 Å². The van der Waals surface area contributed by atoms with Gasteiger partial charge in [0.05, 0.1) is 4.92 Å². The second-order valence-corrected chi connectivity index (χ2v) is 3.51. The molecule has 8 nitrogen and oxygen atoms in total. The van der Waals surface area contributed by atoms with Crippen molar-refractivity contribution in [1.82, 2.24) is 5.48 Å². The normalized spacial score (nSPS) is 9.83. The molecule has 0 aliphatic carbocycles. The van der Waals surface area contributed by atoms with Crippen LogP contribution in [0.5, 0.6) is 0 Å². The third kappa shape index (κ3) is 4.00. The molecule has 1 rings (SSSR count). The van der Waals surface area contributed by atoms with E-state index >= 15 is 0 Å². The number of hydrogen-bond donors (Lipinski definition) is 2. The molecule has 0 saturated carbocycles. The first-order chi connectivity index (χ1) is 8.40. The predicted octanol–water partition coefficient (Wildman–Crippen LogP) is 0.994. The summed E-state index contributed by atoms with van der Waals surface area (Å²) in [4.78, 5) is 35.7. The van der Waals surface area contributed by atoms with Gasteiger partial charge in [-0.05, 0) is 6.07 Å². The zero-order chi connectivity index (χ0) is 13.7. The summed E-state index contributed by atoms with van der Waals surface area (Å²) in [5, 5.41) is 18.8. The van der Waals surface area contributed by atoms with Gasteiger partial charge in [-0.25, -0.2) is 10.3 Å². The van der Waals surface area contributed by atoms with E-state index in [-0.39, 0.29) is 16.3 Å². The maximum Gasteiger partial charge on any atom is 0.332 e. The number of carboxylic acids is 1. The highest BCUT2D eigenvalue weighted by Crippen LogP contribution is 2.20. The molecule has 0 fully saturated rings. The molecule has 0 saturated heterocycles. The van der Waals surface area contributed by atoms with Gasteiger partial charge in [0.25, 0.3) is 11.6 Å². The highest BCUT2D eigenvalue weighted by Gasteiger charge is 2.14. The van der Waals surface area contributed by atoms with Crippen molar-refractivity contribution >= 4 is 29.2 Å². The van der Waals surface area contributed by atoms with Gasteiger partial charge < -0.3 is 5.11 Å². The molecule has 0 heterocycles. The molecule has 2 N–H and O–H groups in total. The lowest BCUT2D eigenvalue weighted by Gasteiger charge is -2.04. The molecule has 0 bridgehead atoms. The van der Waals surface area contributed by atoms with E-state index in [1.54, 1.807) is 0 Å². The van der Waals surface area contributed by atoms with Crippen molar-refractivity contribution in [3.05, 3.63) is 38.9 Å². The van der Waals surface area contributed by atoms with E-state index in [2.05, 4.69) is 4.84 Å². The van der Waals surface area contributed by atoms with Gasteiger partial charge in [-0.1, -0.05) is 11.6 Å². The number of amides is 1. The number of halogens is 1. The van der Waals surface area contributed by atoms with E-state index in [1.165, 1.54) is 6.07 Å². The van der Waals surface area contributed by atoms with Crippen LogP contribution in [0, 0.1) is 10.1 Å². The molecular formula is C9H7ClN2O6. The van der Waals surface area contributed by atoms with Crippen LogP contribution < -0.4 is 5.48 Å². The number of hydrogen-bond acceptors (Lipinski definition) is 5. The van der Waals surface area contributed by atoms with E-state index in [1.807, 2.05) is 5.48 Å². The highest BCUT2D eigenvalue weighted by atomic mass is 35.5. The smallest absolute Gasteiger partial charge is 0.332 e. The van der Waals surface area contributed by atoms with E-state index in [0.717, 1.165) is 12.1 Å². The summed E-state index contributed by atoms with van der Waals surface area (Å²) < 4.78 is 0. The molecule has 18 heavy (non-hydrogen) atoms. The number of non-ortho nitro benzene ring substituents is 1. The third-order valence-electron chi connectivity index (χ3n) is 1.72. The van der Waals surface area contributed by atoms with Gasteiger partial charge in [-0.15, -0.1) is 0 Å². The van der Waals surface area contributed by atoms with E-state index in [4.69, 9.17) is 16.7 Å². The number of nitrogens with zero attached hydrogens (tertiary/aromatic N) is 1. The minimum absolute atomic E-state index is 0.00702. The first kappa shape index (κ1) is 13.9. The second kappa shape index (κ2) is 5.94. The van der Waals surface area contributed by atoms with Gasteiger partial charge >= 0.3 is 5.97 Å². The molecule has 0 spiro atoms. The molecule has 0 aromatic heterocycles. The SMILES string of the molecule is O=C(O)CONC(=O)c1cc(Cl)cc([N+](=O)[O-])c1. The average Bonchev–Trinajstić information content (AvgIpc) is 2.27. The van der Waals surface area contributed by atoms with Crippen molar-refractivity contribution in [1.29, 1.82) is 0 Å². The summed E-state index contributed by atoms with van der Waals surface area (Å²) in [5.74, 6) is -2.10. The Kier molecular flexibility index (Phi) is 4.58. The third-order valence-corrected chi connectivity index (χ3v) is 1.93. The Hall–Kier alpha value is -2.19.